The van der Waals surface area contributed by atoms with Gasteiger partial charge in [0.05, 0.1) is 24.4 Å². The van der Waals surface area contributed by atoms with Crippen molar-refractivity contribution >= 4 is 17.2 Å². The van der Waals surface area contributed by atoms with Crippen LogP contribution in [-0.2, 0) is 16.1 Å². The molecule has 6 heteroatoms. The first kappa shape index (κ1) is 11.5. The number of likely N-dealkylation sites (N-methyl/N-ethyl adjacent to an activating group) is 1. The van der Waals surface area contributed by atoms with Crippen LogP contribution in [0, 0.1) is 0 Å². The predicted molar refractivity (Wildman–Crippen MR) is 60.9 cm³/mol. The predicted octanol–water partition coefficient (Wildman–Crippen LogP) is 0.219. The Balaban J connectivity index is 1.99. The van der Waals surface area contributed by atoms with Crippen molar-refractivity contribution in [2.45, 2.75) is 18.5 Å². The minimum atomic E-state index is -0.842. The zero-order valence-corrected chi connectivity index (χ0v) is 10.00. The van der Waals surface area contributed by atoms with Crippen molar-refractivity contribution in [2.24, 2.45) is 5.73 Å². The molecule has 16 heavy (non-hydrogen) atoms. The maximum Gasteiger partial charge on any atom is 0.245 e. The number of thiazole rings is 1. The van der Waals surface area contributed by atoms with Crippen LogP contribution in [0.1, 0.15) is 12.1 Å². The molecule has 1 saturated heterocycles. The second-order valence-corrected chi connectivity index (χ2v) is 4.82. The van der Waals surface area contributed by atoms with Gasteiger partial charge < -0.3 is 15.4 Å². The van der Waals surface area contributed by atoms with E-state index in [-0.39, 0.29) is 5.91 Å². The van der Waals surface area contributed by atoms with E-state index in [9.17, 15) is 4.79 Å². The quantitative estimate of drug-likeness (QED) is 0.822. The average molecular weight is 241 g/mol. The molecule has 1 aromatic heterocycles. The number of rotatable bonds is 3. The molecule has 1 fully saturated rings. The third kappa shape index (κ3) is 2.23. The fourth-order valence-electron chi connectivity index (χ4n) is 1.76. The molecule has 5 nitrogen and oxygen atoms in total. The maximum absolute atomic E-state index is 12.1. The Labute approximate surface area is 98.2 Å². The molecular formula is C10H15N3O2S. The van der Waals surface area contributed by atoms with Crippen molar-refractivity contribution in [1.82, 2.24) is 9.88 Å². The number of ether oxygens (including phenoxy) is 1. The highest BCUT2D eigenvalue weighted by molar-refractivity contribution is 7.07. The molecule has 0 aliphatic carbocycles. The number of carbonyl (C=O) groups is 1. The molecule has 1 unspecified atom stereocenters. The van der Waals surface area contributed by atoms with Gasteiger partial charge in [0.1, 0.15) is 5.54 Å². The van der Waals surface area contributed by atoms with Crippen molar-refractivity contribution < 1.29 is 9.53 Å². The first-order valence-corrected chi connectivity index (χ1v) is 6.05. The van der Waals surface area contributed by atoms with Gasteiger partial charge in [0.15, 0.2) is 0 Å². The van der Waals surface area contributed by atoms with Crippen LogP contribution in [0.5, 0.6) is 0 Å². The number of nitrogens with zero attached hydrogens (tertiary/aromatic N) is 2. The molecular weight excluding hydrogens is 226 g/mol. The molecule has 2 N–H and O–H groups in total. The van der Waals surface area contributed by atoms with Gasteiger partial charge in [-0.25, -0.2) is 4.98 Å². The Morgan fingerprint density at radius 3 is 3.19 bits per heavy atom. The van der Waals surface area contributed by atoms with Gasteiger partial charge in [-0.05, 0) is 6.42 Å². The van der Waals surface area contributed by atoms with E-state index in [4.69, 9.17) is 10.5 Å². The van der Waals surface area contributed by atoms with Crippen LogP contribution in [0.25, 0.3) is 0 Å². The molecule has 1 aromatic rings. The summed E-state index contributed by atoms with van der Waals surface area (Å²) in [4.78, 5) is 17.8. The molecule has 1 atom stereocenters. The van der Waals surface area contributed by atoms with Crippen molar-refractivity contribution in [2.75, 3.05) is 20.3 Å². The van der Waals surface area contributed by atoms with Gasteiger partial charge in [-0.1, -0.05) is 0 Å². The third-order valence-corrected chi connectivity index (χ3v) is 3.34. The maximum atomic E-state index is 12.1. The Bertz CT molecular complexity index is 360. The highest BCUT2D eigenvalue weighted by Gasteiger charge is 2.40. The molecule has 0 spiro atoms. The minimum absolute atomic E-state index is 0.0713. The summed E-state index contributed by atoms with van der Waals surface area (Å²) in [6.45, 7) is 1.38. The second-order valence-electron chi connectivity index (χ2n) is 4.10. The standard InChI is InChI=1S/C10H15N3O2S/c1-13(4-8-5-16-7-12-8)9(14)10(11)2-3-15-6-10/h5,7H,2-4,6,11H2,1H3. The molecule has 0 radical (unpaired) electrons. The van der Waals surface area contributed by atoms with Crippen molar-refractivity contribution in [3.8, 4) is 0 Å². The summed E-state index contributed by atoms with van der Waals surface area (Å²) in [7, 11) is 1.74. The van der Waals surface area contributed by atoms with Gasteiger partial charge in [0.25, 0.3) is 0 Å². The van der Waals surface area contributed by atoms with Gasteiger partial charge >= 0.3 is 0 Å². The van der Waals surface area contributed by atoms with E-state index in [2.05, 4.69) is 4.98 Å². The first-order chi connectivity index (χ1) is 7.62. The van der Waals surface area contributed by atoms with Crippen molar-refractivity contribution in [3.05, 3.63) is 16.6 Å². The summed E-state index contributed by atoms with van der Waals surface area (Å²) in [5, 5.41) is 1.93. The number of nitrogens with two attached hydrogens (primary N) is 1. The van der Waals surface area contributed by atoms with E-state index >= 15 is 0 Å². The van der Waals surface area contributed by atoms with Crippen molar-refractivity contribution in [1.29, 1.82) is 0 Å². The van der Waals surface area contributed by atoms with E-state index in [0.717, 1.165) is 5.69 Å². The Hall–Kier alpha value is -0.980. The summed E-state index contributed by atoms with van der Waals surface area (Å²) in [6.07, 6.45) is 0.591. The molecule has 1 aliphatic rings. The molecule has 1 amide bonds. The summed E-state index contributed by atoms with van der Waals surface area (Å²) in [6, 6.07) is 0. The van der Waals surface area contributed by atoms with Crippen LogP contribution in [-0.4, -0.2) is 41.6 Å². The fourth-order valence-corrected chi connectivity index (χ4v) is 2.31. The summed E-state index contributed by atoms with van der Waals surface area (Å²) >= 11 is 1.52. The molecule has 0 saturated carbocycles. The summed E-state index contributed by atoms with van der Waals surface area (Å²) < 4.78 is 5.18. The lowest BCUT2D eigenvalue weighted by atomic mass is 9.98. The third-order valence-electron chi connectivity index (χ3n) is 2.71. The lowest BCUT2D eigenvalue weighted by molar-refractivity contribution is -0.136. The van der Waals surface area contributed by atoms with Crippen LogP contribution in [0.2, 0.25) is 0 Å². The average Bonchev–Trinajstić information content (AvgIpc) is 2.89. The fraction of sp³-hybridized carbons (Fsp3) is 0.600. The lowest BCUT2D eigenvalue weighted by Gasteiger charge is -2.26. The van der Waals surface area contributed by atoms with Crippen LogP contribution < -0.4 is 5.73 Å². The van der Waals surface area contributed by atoms with Gasteiger partial charge in [-0.2, -0.15) is 0 Å². The second kappa shape index (κ2) is 4.48. The van der Waals surface area contributed by atoms with Crippen molar-refractivity contribution in [3.63, 3.8) is 0 Å². The van der Waals surface area contributed by atoms with E-state index in [1.54, 1.807) is 17.5 Å². The SMILES string of the molecule is CN(Cc1cscn1)C(=O)C1(N)CCOC1. The first-order valence-electron chi connectivity index (χ1n) is 5.11. The Morgan fingerprint density at radius 2 is 2.62 bits per heavy atom. The number of carbonyl (C=O) groups excluding carboxylic acids is 1. The Morgan fingerprint density at radius 1 is 1.81 bits per heavy atom. The van der Waals surface area contributed by atoms with E-state index in [1.807, 2.05) is 5.38 Å². The smallest absolute Gasteiger partial charge is 0.245 e. The molecule has 2 rings (SSSR count). The van der Waals surface area contributed by atoms with Gasteiger partial charge in [0, 0.05) is 19.0 Å². The number of hydrogen-bond acceptors (Lipinski definition) is 5. The molecule has 2 heterocycles. The topological polar surface area (TPSA) is 68.5 Å². The Kier molecular flexibility index (Phi) is 3.22. The van der Waals surface area contributed by atoms with Crippen LogP contribution >= 0.6 is 11.3 Å². The van der Waals surface area contributed by atoms with Gasteiger partial charge in [-0.15, -0.1) is 11.3 Å². The van der Waals surface area contributed by atoms with E-state index < -0.39 is 5.54 Å². The van der Waals surface area contributed by atoms with Gasteiger partial charge in [-0.3, -0.25) is 4.79 Å². The molecule has 1 aliphatic heterocycles. The number of aromatic nitrogens is 1. The largest absolute Gasteiger partial charge is 0.379 e. The minimum Gasteiger partial charge on any atom is -0.379 e. The van der Waals surface area contributed by atoms with E-state index in [0.29, 0.717) is 26.2 Å². The van der Waals surface area contributed by atoms with Crippen LogP contribution in [0.3, 0.4) is 0 Å². The molecule has 0 aromatic carbocycles. The summed E-state index contributed by atoms with van der Waals surface area (Å²) in [5.74, 6) is -0.0713. The highest BCUT2D eigenvalue weighted by Crippen LogP contribution is 2.18. The normalized spacial score (nSPS) is 24.6. The van der Waals surface area contributed by atoms with Crippen LogP contribution in [0.4, 0.5) is 0 Å². The monoisotopic (exact) mass is 241 g/mol. The highest BCUT2D eigenvalue weighted by atomic mass is 32.1. The van der Waals surface area contributed by atoms with E-state index in [1.165, 1.54) is 11.3 Å². The lowest BCUT2D eigenvalue weighted by Crippen LogP contribution is -2.54. The zero-order valence-electron chi connectivity index (χ0n) is 9.18. The summed E-state index contributed by atoms with van der Waals surface area (Å²) in [5.41, 5.74) is 7.80. The number of amides is 1. The van der Waals surface area contributed by atoms with Gasteiger partial charge in [0.2, 0.25) is 5.91 Å². The zero-order chi connectivity index (χ0) is 11.6. The van der Waals surface area contributed by atoms with Crippen LogP contribution in [0.15, 0.2) is 10.9 Å². The number of hydrogen-bond donors (Lipinski definition) is 1. The molecule has 0 bridgehead atoms. The molecule has 88 valence electrons.